The molecule has 5 heteroatoms. The predicted molar refractivity (Wildman–Crippen MR) is 92.1 cm³/mol. The van der Waals surface area contributed by atoms with Gasteiger partial charge in [-0.05, 0) is 31.5 Å². The summed E-state index contributed by atoms with van der Waals surface area (Å²) >= 11 is 0. The van der Waals surface area contributed by atoms with Gasteiger partial charge in [-0.2, -0.15) is 0 Å². The molecule has 3 rings (SSSR count). The molecule has 0 radical (unpaired) electrons. The Balaban J connectivity index is 1.81. The molecule has 0 unspecified atom stereocenters. The van der Waals surface area contributed by atoms with Crippen LogP contribution in [0.5, 0.6) is 0 Å². The largest absolute Gasteiger partial charge is 0.373 e. The average Bonchev–Trinajstić information content (AvgIpc) is 2.59. The molecule has 0 aliphatic carbocycles. The summed E-state index contributed by atoms with van der Waals surface area (Å²) in [6.07, 6.45) is 3.24. The summed E-state index contributed by atoms with van der Waals surface area (Å²) in [7, 11) is 0. The molecule has 0 fully saturated rings. The highest BCUT2D eigenvalue weighted by Crippen LogP contribution is 2.25. The van der Waals surface area contributed by atoms with Crippen molar-refractivity contribution >= 4 is 17.1 Å². The summed E-state index contributed by atoms with van der Waals surface area (Å²) < 4.78 is 0. The summed E-state index contributed by atoms with van der Waals surface area (Å²) in [6, 6.07) is 11.5. The first-order chi connectivity index (χ1) is 11.1. The van der Waals surface area contributed by atoms with E-state index in [2.05, 4.69) is 15.6 Å². The van der Waals surface area contributed by atoms with Crippen molar-refractivity contribution in [3.05, 3.63) is 80.4 Å². The number of hydrogen-bond donors (Lipinski definition) is 2. The summed E-state index contributed by atoms with van der Waals surface area (Å²) in [4.78, 5) is 27.6. The maximum Gasteiger partial charge on any atom is 0.253 e. The Morgan fingerprint density at radius 2 is 1.52 bits per heavy atom. The lowest BCUT2D eigenvalue weighted by Gasteiger charge is -2.20. The molecule has 1 atom stereocenters. The van der Waals surface area contributed by atoms with E-state index in [9.17, 15) is 9.59 Å². The molecule has 23 heavy (non-hydrogen) atoms. The fraction of sp³-hybridized carbons (Fsp3) is 0.167. The van der Waals surface area contributed by atoms with Crippen molar-refractivity contribution in [1.29, 1.82) is 0 Å². The lowest BCUT2D eigenvalue weighted by Crippen LogP contribution is -2.37. The Hall–Kier alpha value is -2.95. The van der Waals surface area contributed by atoms with E-state index in [-0.39, 0.29) is 6.04 Å². The van der Waals surface area contributed by atoms with Crippen LogP contribution in [0.15, 0.2) is 58.4 Å². The summed E-state index contributed by atoms with van der Waals surface area (Å²) in [5, 5.41) is 6.12. The predicted octanol–water partition coefficient (Wildman–Crippen LogP) is 2.90. The fourth-order valence-corrected chi connectivity index (χ4v) is 2.38. The first-order valence-corrected chi connectivity index (χ1v) is 7.39. The topological polar surface area (TPSA) is 71.1 Å². The third kappa shape index (κ3) is 2.99. The molecule has 0 amide bonds. The molecule has 0 saturated carbocycles. The van der Waals surface area contributed by atoms with Crippen LogP contribution in [0.4, 0.5) is 17.1 Å². The molecule has 0 spiro atoms. The van der Waals surface area contributed by atoms with Gasteiger partial charge < -0.3 is 10.6 Å². The zero-order valence-corrected chi connectivity index (χ0v) is 13.0. The summed E-state index contributed by atoms with van der Waals surface area (Å²) in [5.41, 5.74) is 2.60. The Morgan fingerprint density at radius 3 is 2.17 bits per heavy atom. The number of aryl methyl sites for hydroxylation is 1. The molecule has 0 bridgehead atoms. The van der Waals surface area contributed by atoms with Gasteiger partial charge in [0.1, 0.15) is 11.4 Å². The number of anilines is 3. The van der Waals surface area contributed by atoms with Crippen LogP contribution >= 0.6 is 0 Å². The number of nitrogens with zero attached hydrogens (tertiary/aromatic N) is 1. The second-order valence-corrected chi connectivity index (χ2v) is 5.55. The minimum atomic E-state index is -0.500. The second-order valence-electron chi connectivity index (χ2n) is 5.55. The van der Waals surface area contributed by atoms with Crippen LogP contribution in [-0.2, 0) is 0 Å². The zero-order valence-electron chi connectivity index (χ0n) is 13.0. The number of rotatable bonds is 5. The van der Waals surface area contributed by atoms with E-state index in [0.717, 1.165) is 11.3 Å². The molecular weight excluding hydrogens is 290 g/mol. The van der Waals surface area contributed by atoms with Crippen LogP contribution in [-0.4, -0.2) is 4.98 Å². The molecular formula is C18H17N3O2. The van der Waals surface area contributed by atoms with Gasteiger partial charge in [0.2, 0.25) is 0 Å². The molecule has 0 aliphatic rings. The Kier molecular flexibility index (Phi) is 3.93. The molecule has 0 aliphatic heterocycles. The van der Waals surface area contributed by atoms with E-state index in [0.29, 0.717) is 11.4 Å². The number of nitrogens with one attached hydrogen (secondary N) is 2. The molecule has 2 aromatic carbocycles. The van der Waals surface area contributed by atoms with Crippen molar-refractivity contribution in [3.63, 3.8) is 0 Å². The summed E-state index contributed by atoms with van der Waals surface area (Å²) in [5.74, 6) is 0. The lowest BCUT2D eigenvalue weighted by atomic mass is 10.1. The molecule has 1 heterocycles. The highest BCUT2D eigenvalue weighted by atomic mass is 16.2. The Morgan fingerprint density at radius 1 is 0.913 bits per heavy atom. The SMILES string of the molecule is Cc1ccc([C@@H](C)Nc2c(Nc3ccncc3)c(=O)c2=O)cc1. The molecule has 0 saturated heterocycles. The standard InChI is InChI=1S/C18H17N3O2/c1-11-3-5-13(6-4-11)12(2)20-15-16(18(23)17(15)22)21-14-7-9-19-10-8-14/h3-10,12,20H,1-2H3,(H,19,21)/t12-/m1/s1. The van der Waals surface area contributed by atoms with Gasteiger partial charge in [-0.1, -0.05) is 29.8 Å². The van der Waals surface area contributed by atoms with Gasteiger partial charge >= 0.3 is 0 Å². The van der Waals surface area contributed by atoms with Gasteiger partial charge in [0, 0.05) is 24.1 Å². The van der Waals surface area contributed by atoms with Crippen molar-refractivity contribution in [2.75, 3.05) is 10.6 Å². The van der Waals surface area contributed by atoms with Crippen LogP contribution in [0.2, 0.25) is 0 Å². The van der Waals surface area contributed by atoms with Gasteiger partial charge in [-0.3, -0.25) is 14.6 Å². The van der Waals surface area contributed by atoms with Crippen molar-refractivity contribution in [1.82, 2.24) is 4.98 Å². The average molecular weight is 307 g/mol. The van der Waals surface area contributed by atoms with Crippen molar-refractivity contribution in [3.8, 4) is 0 Å². The van der Waals surface area contributed by atoms with E-state index in [4.69, 9.17) is 0 Å². The van der Waals surface area contributed by atoms with Crippen LogP contribution in [0.3, 0.4) is 0 Å². The maximum absolute atomic E-state index is 11.9. The molecule has 3 aromatic rings. The van der Waals surface area contributed by atoms with Gasteiger partial charge in [0.05, 0.1) is 0 Å². The van der Waals surface area contributed by atoms with E-state index < -0.39 is 10.9 Å². The zero-order chi connectivity index (χ0) is 16.4. The van der Waals surface area contributed by atoms with E-state index in [1.807, 2.05) is 38.1 Å². The maximum atomic E-state index is 11.9. The van der Waals surface area contributed by atoms with Gasteiger partial charge in [0.25, 0.3) is 10.9 Å². The molecule has 2 N–H and O–H groups in total. The molecule has 5 nitrogen and oxygen atoms in total. The number of benzene rings is 1. The monoisotopic (exact) mass is 307 g/mol. The number of aromatic nitrogens is 1. The van der Waals surface area contributed by atoms with Crippen molar-refractivity contribution < 1.29 is 0 Å². The van der Waals surface area contributed by atoms with Crippen LogP contribution in [0.1, 0.15) is 24.1 Å². The number of hydrogen-bond acceptors (Lipinski definition) is 5. The first-order valence-electron chi connectivity index (χ1n) is 7.39. The minimum absolute atomic E-state index is 0.0723. The van der Waals surface area contributed by atoms with Crippen LogP contribution in [0, 0.1) is 6.92 Å². The lowest BCUT2D eigenvalue weighted by molar-refractivity contribution is 0.879. The fourth-order valence-electron chi connectivity index (χ4n) is 2.38. The highest BCUT2D eigenvalue weighted by Gasteiger charge is 2.22. The van der Waals surface area contributed by atoms with Gasteiger partial charge in [-0.25, -0.2) is 0 Å². The smallest absolute Gasteiger partial charge is 0.253 e. The Labute approximate surface area is 133 Å². The van der Waals surface area contributed by atoms with Crippen LogP contribution in [0.25, 0.3) is 0 Å². The van der Waals surface area contributed by atoms with Crippen LogP contribution < -0.4 is 21.5 Å². The minimum Gasteiger partial charge on any atom is -0.373 e. The van der Waals surface area contributed by atoms with Crippen molar-refractivity contribution in [2.24, 2.45) is 0 Å². The summed E-state index contributed by atoms with van der Waals surface area (Å²) in [6.45, 7) is 3.98. The van der Waals surface area contributed by atoms with E-state index in [1.54, 1.807) is 24.5 Å². The third-order valence-corrected chi connectivity index (χ3v) is 3.80. The highest BCUT2D eigenvalue weighted by molar-refractivity contribution is 5.78. The van der Waals surface area contributed by atoms with Gasteiger partial charge in [-0.15, -0.1) is 0 Å². The molecule has 116 valence electrons. The Bertz CT molecular complexity index is 879. The molecule has 1 aromatic heterocycles. The quantitative estimate of drug-likeness (QED) is 0.709. The number of pyridine rings is 1. The second kappa shape index (κ2) is 6.04. The normalized spacial score (nSPS) is 12.1. The van der Waals surface area contributed by atoms with E-state index in [1.165, 1.54) is 5.56 Å². The third-order valence-electron chi connectivity index (χ3n) is 3.80. The van der Waals surface area contributed by atoms with Crippen molar-refractivity contribution in [2.45, 2.75) is 19.9 Å². The van der Waals surface area contributed by atoms with Gasteiger partial charge in [0.15, 0.2) is 0 Å². The first kappa shape index (κ1) is 15.0. The van der Waals surface area contributed by atoms with E-state index >= 15 is 0 Å².